The van der Waals surface area contributed by atoms with Crippen LogP contribution in [-0.4, -0.2) is 28.4 Å². The van der Waals surface area contributed by atoms with Crippen LogP contribution >= 0.6 is 0 Å². The summed E-state index contributed by atoms with van der Waals surface area (Å²) in [7, 11) is 1.62. The molecule has 100 valence electrons. The molecular formula is C14H17N3O2. The minimum absolute atomic E-state index is 0.394. The number of methoxy groups -OCH3 is 1. The summed E-state index contributed by atoms with van der Waals surface area (Å²) in [6.45, 7) is 4.05. The Hall–Kier alpha value is -2.17. The summed E-state index contributed by atoms with van der Waals surface area (Å²) in [4.78, 5) is 11.0. The minimum Gasteiger partial charge on any atom is -0.494 e. The van der Waals surface area contributed by atoms with Crippen LogP contribution in [0.2, 0.25) is 0 Å². The fraction of sp³-hybridized carbons (Fsp3) is 0.357. The summed E-state index contributed by atoms with van der Waals surface area (Å²) < 4.78 is 7.05. The van der Waals surface area contributed by atoms with E-state index in [-0.39, 0.29) is 0 Å². The Morgan fingerprint density at radius 3 is 2.84 bits per heavy atom. The Kier molecular flexibility index (Phi) is 3.94. The molecule has 1 aromatic heterocycles. The van der Waals surface area contributed by atoms with Crippen molar-refractivity contribution in [3.05, 3.63) is 35.2 Å². The van der Waals surface area contributed by atoms with Crippen molar-refractivity contribution in [3.8, 4) is 11.4 Å². The van der Waals surface area contributed by atoms with Crippen molar-refractivity contribution in [2.75, 3.05) is 7.11 Å². The van der Waals surface area contributed by atoms with Crippen molar-refractivity contribution >= 4 is 6.29 Å². The molecule has 0 saturated heterocycles. The van der Waals surface area contributed by atoms with Gasteiger partial charge in [-0.25, -0.2) is 4.68 Å². The largest absolute Gasteiger partial charge is 0.494 e. The van der Waals surface area contributed by atoms with Crippen molar-refractivity contribution in [2.24, 2.45) is 0 Å². The molecule has 0 bridgehead atoms. The predicted molar refractivity (Wildman–Crippen MR) is 72.0 cm³/mol. The van der Waals surface area contributed by atoms with Crippen molar-refractivity contribution in [3.63, 3.8) is 0 Å². The highest BCUT2D eigenvalue weighted by atomic mass is 16.5. The SMILES string of the molecule is CCCc1c(C=O)nnn1-c1cc(C)ccc1OC. The number of hydrogen-bond acceptors (Lipinski definition) is 4. The average molecular weight is 259 g/mol. The second-order valence-electron chi connectivity index (χ2n) is 4.38. The number of benzene rings is 1. The molecule has 5 nitrogen and oxygen atoms in total. The van der Waals surface area contributed by atoms with E-state index >= 15 is 0 Å². The summed E-state index contributed by atoms with van der Waals surface area (Å²) in [5, 5.41) is 8.01. The Bertz CT molecular complexity index is 590. The van der Waals surface area contributed by atoms with Gasteiger partial charge in [-0.3, -0.25) is 4.79 Å². The minimum atomic E-state index is 0.394. The molecule has 0 aliphatic rings. The van der Waals surface area contributed by atoms with Crippen molar-refractivity contribution in [2.45, 2.75) is 26.7 Å². The maximum Gasteiger partial charge on any atom is 0.172 e. The van der Waals surface area contributed by atoms with E-state index in [4.69, 9.17) is 4.74 Å². The summed E-state index contributed by atoms with van der Waals surface area (Å²) in [5.41, 5.74) is 3.12. The first-order valence-corrected chi connectivity index (χ1v) is 6.26. The molecule has 2 rings (SSSR count). The number of aryl methyl sites for hydroxylation is 1. The Labute approximate surface area is 112 Å². The van der Waals surface area contributed by atoms with Gasteiger partial charge in [-0.05, 0) is 31.0 Å². The summed E-state index contributed by atoms with van der Waals surface area (Å²) in [6, 6.07) is 5.84. The fourth-order valence-corrected chi connectivity index (χ4v) is 2.03. The van der Waals surface area contributed by atoms with Gasteiger partial charge in [0.15, 0.2) is 6.29 Å². The Morgan fingerprint density at radius 1 is 1.42 bits per heavy atom. The van der Waals surface area contributed by atoms with E-state index in [1.54, 1.807) is 11.8 Å². The zero-order valence-electron chi connectivity index (χ0n) is 11.4. The normalized spacial score (nSPS) is 10.5. The third-order valence-electron chi connectivity index (χ3n) is 2.95. The molecule has 0 unspecified atom stereocenters. The van der Waals surface area contributed by atoms with Crippen LogP contribution in [0.25, 0.3) is 5.69 Å². The zero-order valence-corrected chi connectivity index (χ0v) is 11.4. The summed E-state index contributed by atoms with van der Waals surface area (Å²) in [5.74, 6) is 0.713. The smallest absolute Gasteiger partial charge is 0.172 e. The molecule has 0 radical (unpaired) electrons. The van der Waals surface area contributed by atoms with Crippen LogP contribution in [0.4, 0.5) is 0 Å². The van der Waals surface area contributed by atoms with Gasteiger partial charge in [-0.2, -0.15) is 0 Å². The van der Waals surface area contributed by atoms with Crippen LogP contribution in [-0.2, 0) is 6.42 Å². The standard InChI is InChI=1S/C14H17N3O2/c1-4-5-12-11(9-18)15-16-17(12)13-8-10(2)6-7-14(13)19-3/h6-9H,4-5H2,1-3H3. The molecular weight excluding hydrogens is 242 g/mol. The zero-order chi connectivity index (χ0) is 13.8. The van der Waals surface area contributed by atoms with Crippen LogP contribution in [0.1, 0.15) is 35.1 Å². The molecule has 0 amide bonds. The molecule has 0 aliphatic heterocycles. The molecule has 2 aromatic rings. The Balaban J connectivity index is 2.60. The van der Waals surface area contributed by atoms with Crippen molar-refractivity contribution < 1.29 is 9.53 Å². The number of aromatic nitrogens is 3. The van der Waals surface area contributed by atoms with E-state index in [2.05, 4.69) is 17.2 Å². The second kappa shape index (κ2) is 5.65. The highest BCUT2D eigenvalue weighted by Crippen LogP contribution is 2.25. The molecule has 0 N–H and O–H groups in total. The lowest BCUT2D eigenvalue weighted by Gasteiger charge is -2.11. The number of carbonyl (C=O) groups excluding carboxylic acids is 1. The monoisotopic (exact) mass is 259 g/mol. The van der Waals surface area contributed by atoms with E-state index in [0.29, 0.717) is 11.4 Å². The van der Waals surface area contributed by atoms with Gasteiger partial charge in [-0.15, -0.1) is 5.10 Å². The maximum absolute atomic E-state index is 11.0. The molecule has 1 aromatic carbocycles. The van der Waals surface area contributed by atoms with Crippen LogP contribution < -0.4 is 4.74 Å². The maximum atomic E-state index is 11.0. The first kappa shape index (κ1) is 13.3. The summed E-state index contributed by atoms with van der Waals surface area (Å²) in [6.07, 6.45) is 2.41. The van der Waals surface area contributed by atoms with Crippen molar-refractivity contribution in [1.82, 2.24) is 15.0 Å². The molecule has 0 fully saturated rings. The number of rotatable bonds is 5. The number of carbonyl (C=O) groups is 1. The van der Waals surface area contributed by atoms with E-state index in [0.717, 1.165) is 36.1 Å². The number of aldehydes is 1. The van der Waals surface area contributed by atoms with Crippen LogP contribution in [0.5, 0.6) is 5.75 Å². The average Bonchev–Trinajstić information content (AvgIpc) is 2.82. The molecule has 0 spiro atoms. The lowest BCUT2D eigenvalue weighted by atomic mass is 10.1. The van der Waals surface area contributed by atoms with E-state index in [9.17, 15) is 4.79 Å². The van der Waals surface area contributed by atoms with Gasteiger partial charge >= 0.3 is 0 Å². The quantitative estimate of drug-likeness (QED) is 0.773. The highest BCUT2D eigenvalue weighted by Gasteiger charge is 2.16. The number of ether oxygens (including phenoxy) is 1. The molecule has 0 saturated carbocycles. The lowest BCUT2D eigenvalue weighted by Crippen LogP contribution is -2.06. The highest BCUT2D eigenvalue weighted by molar-refractivity contribution is 5.73. The number of hydrogen-bond donors (Lipinski definition) is 0. The first-order valence-electron chi connectivity index (χ1n) is 6.26. The molecule has 0 aliphatic carbocycles. The topological polar surface area (TPSA) is 57.0 Å². The molecule has 19 heavy (non-hydrogen) atoms. The van der Waals surface area contributed by atoms with Gasteiger partial charge in [0.1, 0.15) is 17.1 Å². The van der Waals surface area contributed by atoms with E-state index < -0.39 is 0 Å². The van der Waals surface area contributed by atoms with Gasteiger partial charge in [-0.1, -0.05) is 24.6 Å². The van der Waals surface area contributed by atoms with Gasteiger partial charge in [0, 0.05) is 0 Å². The summed E-state index contributed by atoms with van der Waals surface area (Å²) >= 11 is 0. The third-order valence-corrected chi connectivity index (χ3v) is 2.95. The van der Waals surface area contributed by atoms with Crippen LogP contribution in [0, 0.1) is 6.92 Å². The van der Waals surface area contributed by atoms with E-state index in [1.807, 2.05) is 25.1 Å². The van der Waals surface area contributed by atoms with Crippen LogP contribution in [0.3, 0.4) is 0 Å². The molecule has 0 atom stereocenters. The first-order chi connectivity index (χ1) is 9.21. The van der Waals surface area contributed by atoms with Gasteiger partial charge in [0.2, 0.25) is 0 Å². The molecule has 1 heterocycles. The van der Waals surface area contributed by atoms with Crippen molar-refractivity contribution in [1.29, 1.82) is 0 Å². The van der Waals surface area contributed by atoms with Gasteiger partial charge in [0.05, 0.1) is 12.8 Å². The van der Waals surface area contributed by atoms with Crippen LogP contribution in [0.15, 0.2) is 18.2 Å². The molecule has 5 heteroatoms. The van der Waals surface area contributed by atoms with E-state index in [1.165, 1.54) is 0 Å². The number of nitrogens with zero attached hydrogens (tertiary/aromatic N) is 3. The Morgan fingerprint density at radius 2 is 2.21 bits per heavy atom. The lowest BCUT2D eigenvalue weighted by molar-refractivity contribution is 0.111. The van der Waals surface area contributed by atoms with Gasteiger partial charge in [0.25, 0.3) is 0 Å². The predicted octanol–water partition coefficient (Wildman–Crippen LogP) is 2.35. The second-order valence-corrected chi connectivity index (χ2v) is 4.38. The van der Waals surface area contributed by atoms with Gasteiger partial charge < -0.3 is 4.74 Å². The fourth-order valence-electron chi connectivity index (χ4n) is 2.03. The third kappa shape index (κ3) is 2.50.